The number of nitrogens with two attached hydrogens (primary N) is 1. The van der Waals surface area contributed by atoms with E-state index in [9.17, 15) is 19.2 Å². The van der Waals surface area contributed by atoms with Crippen molar-refractivity contribution in [3.63, 3.8) is 0 Å². The van der Waals surface area contributed by atoms with E-state index in [0.717, 1.165) is 0 Å². The number of primary amides is 1. The van der Waals surface area contributed by atoms with Gasteiger partial charge in [-0.15, -0.1) is 0 Å². The van der Waals surface area contributed by atoms with Crippen molar-refractivity contribution >= 4 is 35.9 Å². The van der Waals surface area contributed by atoms with Crippen LogP contribution in [-0.2, 0) is 19.1 Å². The fraction of sp³-hybridized carbons (Fsp3) is 0.789. The standard InChI is InChI=1S/C19H37N5O6S/c1-12(2)14(5)22-18(27)29-9-7-24(31-6)8-10-30-19(28)23-16(13(3)4)17(26)21-11-15(20)25/h12-14,16H,7-11H2,1-6H3,(H2,20,25)(H,21,26)(H,22,27)(H,23,28). The molecule has 0 aliphatic carbocycles. The Labute approximate surface area is 188 Å². The molecule has 0 spiro atoms. The van der Waals surface area contributed by atoms with Gasteiger partial charge in [-0.1, -0.05) is 39.6 Å². The number of ether oxygens (including phenoxy) is 2. The Morgan fingerprint density at radius 1 is 0.903 bits per heavy atom. The minimum Gasteiger partial charge on any atom is -0.448 e. The average Bonchev–Trinajstić information content (AvgIpc) is 2.68. The predicted octanol–water partition coefficient (Wildman–Crippen LogP) is 0.689. The van der Waals surface area contributed by atoms with Crippen LogP contribution in [0.3, 0.4) is 0 Å². The summed E-state index contributed by atoms with van der Waals surface area (Å²) >= 11 is 1.43. The van der Waals surface area contributed by atoms with Crippen LogP contribution in [0.25, 0.3) is 0 Å². The molecule has 0 fully saturated rings. The van der Waals surface area contributed by atoms with Gasteiger partial charge < -0.3 is 31.2 Å². The highest BCUT2D eigenvalue weighted by atomic mass is 32.2. The number of amides is 4. The van der Waals surface area contributed by atoms with Gasteiger partial charge in [-0.25, -0.2) is 13.9 Å². The van der Waals surface area contributed by atoms with E-state index >= 15 is 0 Å². The molecular weight excluding hydrogens is 426 g/mol. The lowest BCUT2D eigenvalue weighted by atomic mass is 10.0. The number of alkyl carbamates (subject to hydrolysis) is 2. The van der Waals surface area contributed by atoms with E-state index in [2.05, 4.69) is 16.0 Å². The highest BCUT2D eigenvalue weighted by Gasteiger charge is 2.25. The number of rotatable bonds is 14. The monoisotopic (exact) mass is 463 g/mol. The van der Waals surface area contributed by atoms with Crippen molar-refractivity contribution in [1.29, 1.82) is 0 Å². The first-order valence-corrected chi connectivity index (χ1v) is 11.4. The first-order chi connectivity index (χ1) is 14.5. The number of hydrogen-bond donors (Lipinski definition) is 4. The molecule has 2 atom stereocenters. The highest BCUT2D eigenvalue weighted by molar-refractivity contribution is 7.96. The van der Waals surface area contributed by atoms with Gasteiger partial charge in [-0.3, -0.25) is 9.59 Å². The SMILES string of the molecule is CSN(CCOC(=O)NC(C)C(C)C)CCOC(=O)NC(C(=O)NCC(N)=O)C(C)C. The van der Waals surface area contributed by atoms with Crippen molar-refractivity contribution in [3.05, 3.63) is 0 Å². The molecule has 0 aliphatic heterocycles. The summed E-state index contributed by atoms with van der Waals surface area (Å²) in [5, 5.41) is 7.61. The molecule has 0 aromatic carbocycles. The molecule has 0 aromatic rings. The summed E-state index contributed by atoms with van der Waals surface area (Å²) in [6.45, 7) is 10.3. The number of nitrogens with one attached hydrogen (secondary N) is 3. The molecule has 0 rings (SSSR count). The maximum atomic E-state index is 12.1. The normalized spacial score (nSPS) is 12.9. The minimum atomic E-state index is -0.858. The lowest BCUT2D eigenvalue weighted by Gasteiger charge is -2.22. The molecular formula is C19H37N5O6S. The third-order valence-electron chi connectivity index (χ3n) is 4.41. The van der Waals surface area contributed by atoms with Crippen molar-refractivity contribution in [2.24, 2.45) is 17.6 Å². The van der Waals surface area contributed by atoms with E-state index in [0.29, 0.717) is 19.0 Å². The molecule has 12 heteroatoms. The maximum Gasteiger partial charge on any atom is 0.407 e. The molecule has 5 N–H and O–H groups in total. The molecule has 0 bridgehead atoms. The molecule has 0 aromatic heterocycles. The third-order valence-corrected chi connectivity index (χ3v) is 5.29. The van der Waals surface area contributed by atoms with Crippen LogP contribution in [0, 0.1) is 11.8 Å². The number of hydrogen-bond acceptors (Lipinski definition) is 8. The molecule has 11 nitrogen and oxygen atoms in total. The molecule has 0 heterocycles. The van der Waals surface area contributed by atoms with Gasteiger partial charge >= 0.3 is 12.2 Å². The van der Waals surface area contributed by atoms with Gasteiger partial charge in [0.15, 0.2) is 0 Å². The minimum absolute atomic E-state index is 0.0172. The molecule has 2 unspecified atom stereocenters. The van der Waals surface area contributed by atoms with Crippen molar-refractivity contribution in [2.45, 2.75) is 46.7 Å². The van der Waals surface area contributed by atoms with Crippen LogP contribution in [0.15, 0.2) is 0 Å². The van der Waals surface area contributed by atoms with Crippen LogP contribution >= 0.6 is 11.9 Å². The maximum absolute atomic E-state index is 12.1. The van der Waals surface area contributed by atoms with Gasteiger partial charge in [0.05, 0.1) is 6.54 Å². The van der Waals surface area contributed by atoms with Crippen molar-refractivity contribution in [3.8, 4) is 0 Å². The highest BCUT2D eigenvalue weighted by Crippen LogP contribution is 2.06. The summed E-state index contributed by atoms with van der Waals surface area (Å²) in [5.41, 5.74) is 5.01. The fourth-order valence-electron chi connectivity index (χ4n) is 2.16. The van der Waals surface area contributed by atoms with Crippen molar-refractivity contribution < 1.29 is 28.7 Å². The summed E-state index contributed by atoms with van der Waals surface area (Å²) in [6, 6.07) is -0.841. The Hall–Kier alpha value is -2.21. The van der Waals surface area contributed by atoms with Gasteiger partial charge in [0.25, 0.3) is 0 Å². The van der Waals surface area contributed by atoms with Gasteiger partial charge in [0.2, 0.25) is 11.8 Å². The second kappa shape index (κ2) is 15.6. The van der Waals surface area contributed by atoms with E-state index in [1.807, 2.05) is 31.3 Å². The predicted molar refractivity (Wildman–Crippen MR) is 119 cm³/mol. The molecule has 31 heavy (non-hydrogen) atoms. The average molecular weight is 464 g/mol. The first kappa shape index (κ1) is 28.8. The number of nitrogens with zero attached hydrogens (tertiary/aromatic N) is 1. The van der Waals surface area contributed by atoms with Gasteiger partial charge in [0, 0.05) is 19.1 Å². The second-order valence-electron chi connectivity index (χ2n) is 7.61. The van der Waals surface area contributed by atoms with Crippen LogP contribution in [-0.4, -0.2) is 79.5 Å². The van der Waals surface area contributed by atoms with E-state index in [-0.39, 0.29) is 31.7 Å². The Morgan fingerprint density at radius 3 is 1.84 bits per heavy atom. The van der Waals surface area contributed by atoms with Crippen LogP contribution in [0.5, 0.6) is 0 Å². The van der Waals surface area contributed by atoms with Gasteiger partial charge in [-0.2, -0.15) is 0 Å². The van der Waals surface area contributed by atoms with Gasteiger partial charge in [0.1, 0.15) is 19.3 Å². The summed E-state index contributed by atoms with van der Waals surface area (Å²) in [6.07, 6.45) is 0.651. The van der Waals surface area contributed by atoms with Gasteiger partial charge in [-0.05, 0) is 25.0 Å². The Morgan fingerprint density at radius 2 is 1.42 bits per heavy atom. The fourth-order valence-corrected chi connectivity index (χ4v) is 2.67. The van der Waals surface area contributed by atoms with Crippen LogP contribution < -0.4 is 21.7 Å². The molecule has 0 saturated carbocycles. The summed E-state index contributed by atoms with van der Waals surface area (Å²) in [5.74, 6) is -1.10. The number of carbonyl (C=O) groups is 4. The summed E-state index contributed by atoms with van der Waals surface area (Å²) in [7, 11) is 0. The number of carbonyl (C=O) groups excluding carboxylic acids is 4. The van der Waals surface area contributed by atoms with E-state index in [1.54, 1.807) is 13.8 Å². The molecule has 0 aliphatic rings. The molecule has 0 saturated heterocycles. The van der Waals surface area contributed by atoms with E-state index in [4.69, 9.17) is 15.2 Å². The largest absolute Gasteiger partial charge is 0.448 e. The van der Waals surface area contributed by atoms with E-state index < -0.39 is 30.0 Å². The Balaban J connectivity index is 4.28. The lowest BCUT2D eigenvalue weighted by Crippen LogP contribution is -2.51. The quantitative estimate of drug-likeness (QED) is 0.275. The Kier molecular flexibility index (Phi) is 14.5. The first-order valence-electron chi connectivity index (χ1n) is 10.2. The van der Waals surface area contributed by atoms with Crippen molar-refractivity contribution in [2.75, 3.05) is 39.1 Å². The lowest BCUT2D eigenvalue weighted by molar-refractivity contribution is -0.126. The van der Waals surface area contributed by atoms with E-state index in [1.165, 1.54) is 11.9 Å². The summed E-state index contributed by atoms with van der Waals surface area (Å²) < 4.78 is 12.2. The van der Waals surface area contributed by atoms with Crippen LogP contribution in [0.2, 0.25) is 0 Å². The summed E-state index contributed by atoms with van der Waals surface area (Å²) in [4.78, 5) is 46.6. The zero-order valence-corrected chi connectivity index (χ0v) is 20.0. The molecule has 4 amide bonds. The topological polar surface area (TPSA) is 152 Å². The third kappa shape index (κ3) is 13.7. The van der Waals surface area contributed by atoms with Crippen molar-refractivity contribution in [1.82, 2.24) is 20.3 Å². The molecule has 180 valence electrons. The van der Waals surface area contributed by atoms with Crippen LogP contribution in [0.1, 0.15) is 34.6 Å². The Bertz CT molecular complexity index is 590. The second-order valence-corrected chi connectivity index (χ2v) is 8.49. The zero-order valence-electron chi connectivity index (χ0n) is 19.2. The zero-order chi connectivity index (χ0) is 24.0. The van der Waals surface area contributed by atoms with Crippen LogP contribution in [0.4, 0.5) is 9.59 Å². The smallest absolute Gasteiger partial charge is 0.407 e. The molecule has 0 radical (unpaired) electrons.